The minimum Gasteiger partial charge on any atom is -0.316 e. The Morgan fingerprint density at radius 3 is 2.73 bits per heavy atom. The summed E-state index contributed by atoms with van der Waals surface area (Å²) in [5, 5.41) is 3.52. The molecule has 90 valence electrons. The van der Waals surface area contributed by atoms with Gasteiger partial charge in [0, 0.05) is 6.54 Å². The Hall–Kier alpha value is -0.0800. The predicted molar refractivity (Wildman–Crippen MR) is 67.2 cm³/mol. The Bertz CT molecular complexity index is 159. The van der Waals surface area contributed by atoms with E-state index >= 15 is 0 Å². The smallest absolute Gasteiger partial charge is 0.00245 e. The van der Waals surface area contributed by atoms with Gasteiger partial charge in [0.15, 0.2) is 0 Å². The van der Waals surface area contributed by atoms with Crippen LogP contribution in [-0.4, -0.2) is 37.6 Å². The van der Waals surface area contributed by atoms with Gasteiger partial charge in [-0.25, -0.2) is 0 Å². The molecule has 0 aliphatic carbocycles. The first-order valence-corrected chi connectivity index (χ1v) is 6.83. The molecule has 2 unspecified atom stereocenters. The largest absolute Gasteiger partial charge is 0.316 e. The van der Waals surface area contributed by atoms with Gasteiger partial charge in [-0.15, -0.1) is 0 Å². The van der Waals surface area contributed by atoms with Crippen LogP contribution in [0.15, 0.2) is 0 Å². The van der Waals surface area contributed by atoms with E-state index < -0.39 is 0 Å². The Balaban J connectivity index is 0.000000531. The molecule has 2 aliphatic heterocycles. The molecule has 0 amide bonds. The Labute approximate surface area is 95.4 Å². The zero-order chi connectivity index (χ0) is 11.1. The summed E-state index contributed by atoms with van der Waals surface area (Å²) in [4.78, 5) is 2.65. The van der Waals surface area contributed by atoms with Gasteiger partial charge in [0.2, 0.25) is 0 Å². The van der Waals surface area contributed by atoms with Crippen LogP contribution >= 0.6 is 0 Å². The number of hydrogen-bond donors (Lipinski definition) is 1. The van der Waals surface area contributed by atoms with Crippen LogP contribution in [0.1, 0.15) is 40.0 Å². The van der Waals surface area contributed by atoms with Crippen molar-refractivity contribution in [2.45, 2.75) is 40.0 Å². The predicted octanol–water partition coefficient (Wildman–Crippen LogP) is 2.35. The minimum absolute atomic E-state index is 0.953. The molecule has 2 nitrogen and oxygen atoms in total. The lowest BCUT2D eigenvalue weighted by molar-refractivity contribution is 0.0961. The first-order valence-electron chi connectivity index (χ1n) is 6.83. The van der Waals surface area contributed by atoms with Crippen LogP contribution < -0.4 is 5.32 Å². The van der Waals surface area contributed by atoms with Crippen molar-refractivity contribution in [3.8, 4) is 0 Å². The molecule has 0 saturated carbocycles. The van der Waals surface area contributed by atoms with Gasteiger partial charge >= 0.3 is 0 Å². The van der Waals surface area contributed by atoms with Crippen LogP contribution in [0.25, 0.3) is 0 Å². The van der Waals surface area contributed by atoms with Gasteiger partial charge in [-0.2, -0.15) is 0 Å². The molecule has 2 atom stereocenters. The molecule has 0 spiro atoms. The fourth-order valence-electron chi connectivity index (χ4n) is 2.86. The molecule has 1 N–H and O–H groups in total. The maximum absolute atomic E-state index is 3.52. The first-order chi connectivity index (χ1) is 7.40. The highest BCUT2D eigenvalue weighted by Gasteiger charge is 2.30. The average molecular weight is 212 g/mol. The van der Waals surface area contributed by atoms with Crippen LogP contribution in [0, 0.1) is 11.8 Å². The molecule has 2 rings (SSSR count). The first kappa shape index (κ1) is 13.0. The monoisotopic (exact) mass is 212 g/mol. The third-order valence-electron chi connectivity index (χ3n) is 3.61. The van der Waals surface area contributed by atoms with Crippen molar-refractivity contribution < 1.29 is 0 Å². The summed E-state index contributed by atoms with van der Waals surface area (Å²) in [5.74, 6) is 1.99. The van der Waals surface area contributed by atoms with Crippen LogP contribution in [0.2, 0.25) is 0 Å². The summed E-state index contributed by atoms with van der Waals surface area (Å²) in [6.07, 6.45) is 4.18. The van der Waals surface area contributed by atoms with Gasteiger partial charge < -0.3 is 10.2 Å². The van der Waals surface area contributed by atoms with Crippen LogP contribution in [0.5, 0.6) is 0 Å². The molecule has 0 aromatic rings. The maximum atomic E-state index is 3.52. The van der Waals surface area contributed by atoms with Crippen molar-refractivity contribution in [1.29, 1.82) is 0 Å². The molecule has 2 fully saturated rings. The fraction of sp³-hybridized carbons (Fsp3) is 1.00. The molecule has 0 bridgehead atoms. The normalized spacial score (nSPS) is 31.4. The number of piperidine rings is 2. The minimum atomic E-state index is 0.953. The van der Waals surface area contributed by atoms with Gasteiger partial charge in [0.25, 0.3) is 0 Å². The summed E-state index contributed by atoms with van der Waals surface area (Å²) in [6, 6.07) is 0. The highest BCUT2D eigenvalue weighted by atomic mass is 15.1. The molecule has 0 aromatic carbocycles. The summed E-state index contributed by atoms with van der Waals surface area (Å²) >= 11 is 0. The lowest BCUT2D eigenvalue weighted by Crippen LogP contribution is -2.48. The number of rotatable bonds is 2. The molecule has 2 saturated heterocycles. The molecule has 2 aliphatic rings. The highest BCUT2D eigenvalue weighted by Crippen LogP contribution is 2.28. The molecular weight excluding hydrogens is 184 g/mol. The summed E-state index contributed by atoms with van der Waals surface area (Å²) in [6.45, 7) is 12.8. The molecule has 0 radical (unpaired) electrons. The molecule has 0 aromatic heterocycles. The lowest BCUT2D eigenvalue weighted by atomic mass is 9.81. The second-order valence-electron chi connectivity index (χ2n) is 4.60. The van der Waals surface area contributed by atoms with E-state index in [1.807, 2.05) is 13.8 Å². The summed E-state index contributed by atoms with van der Waals surface area (Å²) in [5.41, 5.74) is 0. The number of likely N-dealkylation sites (tertiary alicyclic amines) is 1. The standard InChI is InChI=1S/C11H22N2.C2H6/c1-2-6-13-7-4-10-3-5-12-8-11(10)9-13;1-2/h10-12H,2-9H2,1H3;1-2H3. The summed E-state index contributed by atoms with van der Waals surface area (Å²) in [7, 11) is 0. The topological polar surface area (TPSA) is 15.3 Å². The third-order valence-corrected chi connectivity index (χ3v) is 3.61. The van der Waals surface area contributed by atoms with Crippen LogP contribution in [0.4, 0.5) is 0 Å². The number of fused-ring (bicyclic) bond motifs is 1. The molecule has 2 heterocycles. The van der Waals surface area contributed by atoms with Gasteiger partial charge in [0.05, 0.1) is 0 Å². The van der Waals surface area contributed by atoms with Crippen molar-refractivity contribution in [2.75, 3.05) is 32.7 Å². The quantitative estimate of drug-likeness (QED) is 0.756. The van der Waals surface area contributed by atoms with Crippen molar-refractivity contribution >= 4 is 0 Å². The highest BCUT2D eigenvalue weighted by molar-refractivity contribution is 4.85. The number of nitrogens with one attached hydrogen (secondary N) is 1. The SMILES string of the molecule is CC.CCCN1CCC2CCNCC2C1. The van der Waals surface area contributed by atoms with E-state index in [-0.39, 0.29) is 0 Å². The van der Waals surface area contributed by atoms with Gasteiger partial charge in [-0.3, -0.25) is 0 Å². The number of nitrogens with zero attached hydrogens (tertiary/aromatic N) is 1. The lowest BCUT2D eigenvalue weighted by Gasteiger charge is -2.41. The Morgan fingerprint density at radius 1 is 1.20 bits per heavy atom. The van der Waals surface area contributed by atoms with E-state index in [1.54, 1.807) is 0 Å². The molecular formula is C13H28N2. The van der Waals surface area contributed by atoms with Crippen LogP contribution in [-0.2, 0) is 0 Å². The van der Waals surface area contributed by atoms with E-state index in [4.69, 9.17) is 0 Å². The van der Waals surface area contributed by atoms with Crippen molar-refractivity contribution in [3.63, 3.8) is 0 Å². The van der Waals surface area contributed by atoms with E-state index in [2.05, 4.69) is 17.1 Å². The van der Waals surface area contributed by atoms with Gasteiger partial charge in [0.1, 0.15) is 0 Å². The Morgan fingerprint density at radius 2 is 2.00 bits per heavy atom. The third kappa shape index (κ3) is 3.76. The van der Waals surface area contributed by atoms with Crippen molar-refractivity contribution in [2.24, 2.45) is 11.8 Å². The maximum Gasteiger partial charge on any atom is 0.00245 e. The van der Waals surface area contributed by atoms with E-state index in [9.17, 15) is 0 Å². The zero-order valence-electron chi connectivity index (χ0n) is 10.8. The second kappa shape index (κ2) is 7.24. The average Bonchev–Trinajstić information content (AvgIpc) is 2.32. The van der Waals surface area contributed by atoms with E-state index in [0.29, 0.717) is 0 Å². The fourth-order valence-corrected chi connectivity index (χ4v) is 2.86. The Kier molecular flexibility index (Phi) is 6.26. The van der Waals surface area contributed by atoms with Gasteiger partial charge in [-0.05, 0) is 57.3 Å². The zero-order valence-corrected chi connectivity index (χ0v) is 10.8. The van der Waals surface area contributed by atoms with Crippen molar-refractivity contribution in [3.05, 3.63) is 0 Å². The van der Waals surface area contributed by atoms with Crippen LogP contribution in [0.3, 0.4) is 0 Å². The second-order valence-corrected chi connectivity index (χ2v) is 4.60. The van der Waals surface area contributed by atoms with E-state index in [0.717, 1.165) is 11.8 Å². The summed E-state index contributed by atoms with van der Waals surface area (Å²) < 4.78 is 0. The van der Waals surface area contributed by atoms with Crippen molar-refractivity contribution in [1.82, 2.24) is 10.2 Å². The van der Waals surface area contributed by atoms with E-state index in [1.165, 1.54) is 52.0 Å². The molecule has 15 heavy (non-hydrogen) atoms. The molecule has 2 heteroatoms. The number of hydrogen-bond acceptors (Lipinski definition) is 2. The van der Waals surface area contributed by atoms with Gasteiger partial charge in [-0.1, -0.05) is 20.8 Å².